The SMILES string of the molecule is BC(B)(B)Oc1cc(C(=O)O)nc2ccc(N3CC4(CC(/C=C/c5c(-c6c(Cl)cncc6Cl)noc5C5CC5)C4)C3)cc12. The van der Waals surface area contributed by atoms with E-state index in [0.29, 0.717) is 49.8 Å². The fourth-order valence-corrected chi connectivity index (χ4v) is 7.00. The Bertz CT molecular complexity index is 1770. The summed E-state index contributed by atoms with van der Waals surface area (Å²) in [5, 5.41) is 15.2. The molecule has 4 aromatic rings. The number of carboxylic acids is 1. The Morgan fingerprint density at radius 1 is 1.14 bits per heavy atom. The van der Waals surface area contributed by atoms with Crippen LogP contribution in [0.1, 0.15) is 53.4 Å². The summed E-state index contributed by atoms with van der Waals surface area (Å²) in [5.74, 6) is 1.25. The molecule has 43 heavy (non-hydrogen) atoms. The first kappa shape index (κ1) is 28.4. The van der Waals surface area contributed by atoms with Crippen LogP contribution in [0.3, 0.4) is 0 Å². The fraction of sp³-hybridized carbons (Fsp3) is 0.333. The van der Waals surface area contributed by atoms with Gasteiger partial charge in [-0.3, -0.25) is 4.98 Å². The molecule has 3 fully saturated rings. The van der Waals surface area contributed by atoms with E-state index in [9.17, 15) is 9.90 Å². The van der Waals surface area contributed by atoms with Gasteiger partial charge in [-0.05, 0) is 49.8 Å². The maximum absolute atomic E-state index is 11.6. The van der Waals surface area contributed by atoms with E-state index >= 15 is 0 Å². The van der Waals surface area contributed by atoms with E-state index in [4.69, 9.17) is 32.5 Å². The summed E-state index contributed by atoms with van der Waals surface area (Å²) in [5.41, 5.74) is 4.29. The van der Waals surface area contributed by atoms with Gasteiger partial charge < -0.3 is 19.3 Å². The highest BCUT2D eigenvalue weighted by Gasteiger charge is 2.51. The molecule has 0 radical (unpaired) electrons. The van der Waals surface area contributed by atoms with E-state index < -0.39 is 11.3 Å². The zero-order chi connectivity index (χ0) is 30.1. The molecule has 1 spiro atoms. The van der Waals surface area contributed by atoms with Crippen molar-refractivity contribution >= 4 is 75.4 Å². The Hall–Kier alpha value is -3.43. The topological polar surface area (TPSA) is 102 Å². The minimum absolute atomic E-state index is 0.0227. The third kappa shape index (κ3) is 5.42. The highest BCUT2D eigenvalue weighted by molar-refractivity contribution is 6.58. The van der Waals surface area contributed by atoms with Gasteiger partial charge in [-0.15, -0.1) is 0 Å². The van der Waals surface area contributed by atoms with E-state index in [1.54, 1.807) is 12.4 Å². The average Bonchev–Trinajstić information content (AvgIpc) is 3.66. The van der Waals surface area contributed by atoms with Gasteiger partial charge in [0.2, 0.25) is 0 Å². The number of rotatable bonds is 8. The van der Waals surface area contributed by atoms with Crippen LogP contribution in [-0.4, -0.2) is 68.1 Å². The smallest absolute Gasteiger partial charge is 0.354 e. The Kier molecular flexibility index (Phi) is 6.82. The molecule has 3 aliphatic rings. The largest absolute Gasteiger partial charge is 0.513 e. The van der Waals surface area contributed by atoms with Gasteiger partial charge in [0.15, 0.2) is 5.69 Å². The molecule has 2 aliphatic carbocycles. The van der Waals surface area contributed by atoms with Gasteiger partial charge in [0.1, 0.15) is 40.7 Å². The number of carboxylic acid groups (broad SMARTS) is 1. The van der Waals surface area contributed by atoms with Crippen molar-refractivity contribution in [3.8, 4) is 17.0 Å². The molecule has 216 valence electrons. The van der Waals surface area contributed by atoms with Crippen molar-refractivity contribution in [3.63, 3.8) is 0 Å². The summed E-state index contributed by atoms with van der Waals surface area (Å²) < 4.78 is 12.0. The van der Waals surface area contributed by atoms with Crippen LogP contribution in [0.5, 0.6) is 5.75 Å². The van der Waals surface area contributed by atoms with Crippen LogP contribution in [0, 0.1) is 11.3 Å². The number of hydrogen-bond acceptors (Lipinski definition) is 7. The van der Waals surface area contributed by atoms with Crippen LogP contribution >= 0.6 is 23.2 Å². The zero-order valence-electron chi connectivity index (χ0n) is 24.2. The molecule has 1 N–H and O–H groups in total. The van der Waals surface area contributed by atoms with E-state index in [-0.39, 0.29) is 5.69 Å². The highest BCUT2D eigenvalue weighted by atomic mass is 35.5. The molecule has 4 heterocycles. The van der Waals surface area contributed by atoms with E-state index in [0.717, 1.165) is 61.2 Å². The maximum Gasteiger partial charge on any atom is 0.354 e. The van der Waals surface area contributed by atoms with Crippen molar-refractivity contribution < 1.29 is 19.2 Å². The standard InChI is InChI=1S/C30H29B3Cl2N4O4/c31-30(32,33)42-24-8-23(28(40)41)37-22-6-4-17(7-19(22)24)39-13-29(14-39)9-15(10-29)1-5-18-26(38-43-27(18)16-2-3-16)25-20(34)11-36-12-21(25)35/h1,4-8,11-12,15-16H,2-3,9-10,13-14,31-33H2,(H,40,41)/b5-1+. The lowest BCUT2D eigenvalue weighted by Crippen LogP contribution is -2.62. The van der Waals surface area contributed by atoms with Gasteiger partial charge in [0, 0.05) is 70.4 Å². The molecule has 7 rings (SSSR count). The van der Waals surface area contributed by atoms with Gasteiger partial charge in [-0.2, -0.15) is 0 Å². The Morgan fingerprint density at radius 3 is 2.51 bits per heavy atom. The van der Waals surface area contributed by atoms with Crippen LogP contribution < -0.4 is 9.64 Å². The number of anilines is 1. The highest BCUT2D eigenvalue weighted by Crippen LogP contribution is 2.54. The third-order valence-corrected chi connectivity index (χ3v) is 9.10. The molecule has 0 unspecified atom stereocenters. The molecule has 2 saturated carbocycles. The molecule has 3 aromatic heterocycles. The van der Waals surface area contributed by atoms with Crippen molar-refractivity contribution in [3.05, 3.63) is 69.8 Å². The summed E-state index contributed by atoms with van der Waals surface area (Å²) >= 11 is 12.9. The van der Waals surface area contributed by atoms with Gasteiger partial charge in [0.25, 0.3) is 0 Å². The Balaban J connectivity index is 1.06. The van der Waals surface area contributed by atoms with Crippen molar-refractivity contribution in [1.82, 2.24) is 15.1 Å². The number of halogens is 2. The molecular formula is C30H29B3Cl2N4O4. The molecule has 8 nitrogen and oxygen atoms in total. The predicted molar refractivity (Wildman–Crippen MR) is 176 cm³/mol. The fourth-order valence-electron chi connectivity index (χ4n) is 6.46. The molecule has 0 bridgehead atoms. The quantitative estimate of drug-likeness (QED) is 0.298. The van der Waals surface area contributed by atoms with Gasteiger partial charge in [-0.25, -0.2) is 9.78 Å². The second-order valence-corrected chi connectivity index (χ2v) is 14.0. The molecule has 0 amide bonds. The van der Waals surface area contributed by atoms with Gasteiger partial charge >= 0.3 is 5.97 Å². The lowest BCUT2D eigenvalue weighted by Gasteiger charge is -2.59. The summed E-state index contributed by atoms with van der Waals surface area (Å²) in [7, 11) is 5.85. The molecule has 1 aliphatic heterocycles. The number of carbonyl (C=O) groups is 1. The minimum Gasteiger partial charge on any atom is -0.513 e. The first-order chi connectivity index (χ1) is 20.5. The molecule has 13 heteroatoms. The van der Waals surface area contributed by atoms with Crippen molar-refractivity contribution in [2.75, 3.05) is 18.0 Å². The normalized spacial score (nSPS) is 18.2. The number of ether oxygens (including phenoxy) is 1. The van der Waals surface area contributed by atoms with Crippen LogP contribution in [-0.2, 0) is 0 Å². The van der Waals surface area contributed by atoms with Gasteiger partial charge in [-0.1, -0.05) is 40.5 Å². The number of benzene rings is 1. The number of aromatic nitrogens is 3. The number of hydrogen-bond donors (Lipinski definition) is 1. The molecule has 1 saturated heterocycles. The van der Waals surface area contributed by atoms with Crippen LogP contribution in [0.25, 0.3) is 28.2 Å². The number of fused-ring (bicyclic) bond motifs is 1. The number of pyridine rings is 2. The number of nitrogens with zero attached hydrogens (tertiary/aromatic N) is 4. The van der Waals surface area contributed by atoms with Crippen molar-refractivity contribution in [2.45, 2.75) is 36.9 Å². The van der Waals surface area contributed by atoms with E-state index in [1.807, 2.05) is 35.7 Å². The molecule has 0 atom stereocenters. The number of aromatic carboxylic acids is 1. The van der Waals surface area contributed by atoms with E-state index in [1.165, 1.54) is 6.07 Å². The Morgan fingerprint density at radius 2 is 1.86 bits per heavy atom. The molecular weight excluding hydrogens is 584 g/mol. The summed E-state index contributed by atoms with van der Waals surface area (Å²) in [6.45, 7) is 1.96. The van der Waals surface area contributed by atoms with Crippen LogP contribution in [0.4, 0.5) is 5.69 Å². The average molecular weight is 613 g/mol. The third-order valence-electron chi connectivity index (χ3n) is 8.53. The first-order valence-electron chi connectivity index (χ1n) is 14.6. The predicted octanol–water partition coefficient (Wildman–Crippen LogP) is 3.99. The monoisotopic (exact) mass is 612 g/mol. The number of allylic oxidation sites excluding steroid dienone is 1. The summed E-state index contributed by atoms with van der Waals surface area (Å²) in [6.07, 6.45) is 12.0. The maximum atomic E-state index is 11.6. The lowest BCUT2D eigenvalue weighted by atomic mass is 9.52. The molecule has 1 aromatic carbocycles. The summed E-state index contributed by atoms with van der Waals surface area (Å²) in [6, 6.07) is 7.50. The lowest BCUT2D eigenvalue weighted by molar-refractivity contribution is 0.0486. The minimum atomic E-state index is -1.07. The summed E-state index contributed by atoms with van der Waals surface area (Å²) in [4.78, 5) is 22.4. The second kappa shape index (κ2) is 10.3. The second-order valence-electron chi connectivity index (χ2n) is 13.2. The zero-order valence-corrected chi connectivity index (χ0v) is 25.7. The van der Waals surface area contributed by atoms with Gasteiger partial charge in [0.05, 0.1) is 15.6 Å². The van der Waals surface area contributed by atoms with Crippen molar-refractivity contribution in [2.24, 2.45) is 11.3 Å². The van der Waals surface area contributed by atoms with E-state index in [2.05, 4.69) is 38.2 Å². The Labute approximate surface area is 262 Å². The van der Waals surface area contributed by atoms with Crippen LogP contribution in [0.15, 0.2) is 47.3 Å². The van der Waals surface area contributed by atoms with Crippen molar-refractivity contribution in [1.29, 1.82) is 0 Å². The van der Waals surface area contributed by atoms with Crippen LogP contribution in [0.2, 0.25) is 10.0 Å². The first-order valence-corrected chi connectivity index (χ1v) is 15.3.